The van der Waals surface area contributed by atoms with E-state index >= 15 is 0 Å². The van der Waals surface area contributed by atoms with E-state index in [-0.39, 0.29) is 6.23 Å². The first-order chi connectivity index (χ1) is 16.3. The second-order valence-corrected chi connectivity index (χ2v) is 8.26. The van der Waals surface area contributed by atoms with Gasteiger partial charge in [-0.25, -0.2) is 4.98 Å². The van der Waals surface area contributed by atoms with E-state index in [9.17, 15) is 0 Å². The van der Waals surface area contributed by atoms with E-state index in [0.29, 0.717) is 43.7 Å². The Morgan fingerprint density at radius 2 is 1.70 bits per heavy atom. The second kappa shape index (κ2) is 8.53. The number of nitrogens with zero attached hydrogens (tertiary/aromatic N) is 6. The first kappa shape index (κ1) is 20.3. The van der Waals surface area contributed by atoms with Gasteiger partial charge in [-0.05, 0) is 19.1 Å². The molecule has 0 radical (unpaired) electrons. The summed E-state index contributed by atoms with van der Waals surface area (Å²) in [6, 6.07) is 6.61. The minimum atomic E-state index is -0.313. The Balaban J connectivity index is 1.43. The number of rotatable bonds is 4. The molecule has 2 saturated heterocycles. The average molecular weight is 450 g/mol. The van der Waals surface area contributed by atoms with Gasteiger partial charge >= 0.3 is 0 Å². The Morgan fingerprint density at radius 3 is 2.45 bits per heavy atom. The summed E-state index contributed by atoms with van der Waals surface area (Å²) in [6.45, 7) is 7.66. The molecule has 6 rings (SSSR count). The molecule has 0 saturated carbocycles. The predicted octanol–water partition coefficient (Wildman–Crippen LogP) is 2.61. The zero-order valence-electron chi connectivity index (χ0n) is 18.5. The van der Waals surface area contributed by atoms with Crippen LogP contribution in [0.3, 0.4) is 0 Å². The molecule has 0 amide bonds. The van der Waals surface area contributed by atoms with E-state index in [2.05, 4.69) is 19.7 Å². The van der Waals surface area contributed by atoms with Crippen LogP contribution in [0.25, 0.3) is 11.2 Å². The smallest absolute Gasteiger partial charge is 0.300 e. The van der Waals surface area contributed by atoms with Crippen LogP contribution >= 0.6 is 0 Å². The fraction of sp³-hybridized carbons (Fsp3) is 0.435. The molecule has 1 atom stereocenters. The molecule has 10 heteroatoms. The molecule has 1 unspecified atom stereocenters. The molecule has 3 aliphatic heterocycles. The van der Waals surface area contributed by atoms with Crippen LogP contribution in [0.5, 0.6) is 0 Å². The number of pyridine rings is 2. The van der Waals surface area contributed by atoms with Crippen molar-refractivity contribution in [3.8, 4) is 0 Å². The molecule has 2 fully saturated rings. The van der Waals surface area contributed by atoms with Gasteiger partial charge < -0.3 is 33.3 Å². The quantitative estimate of drug-likeness (QED) is 0.591. The van der Waals surface area contributed by atoms with Crippen molar-refractivity contribution in [3.63, 3.8) is 0 Å². The standard InChI is InChI=1S/C23H26N6O4/c1-16-14-17(2-3-24-16)22-29(8-13-32-22)18-15-19-20(25-21(18)27-4-9-30-10-5-27)26-23(33-19)28-6-11-31-12-7-28/h2-3,8,13-15,22H,4-7,9-12H2,1H3. The van der Waals surface area contributed by atoms with Crippen molar-refractivity contribution < 1.29 is 18.6 Å². The predicted molar refractivity (Wildman–Crippen MR) is 122 cm³/mol. The Labute approximate surface area is 191 Å². The molecule has 0 aromatic carbocycles. The van der Waals surface area contributed by atoms with Gasteiger partial charge in [0.1, 0.15) is 6.26 Å². The second-order valence-electron chi connectivity index (χ2n) is 8.26. The lowest BCUT2D eigenvalue weighted by molar-refractivity contribution is 0.120. The monoisotopic (exact) mass is 450 g/mol. The van der Waals surface area contributed by atoms with E-state index < -0.39 is 0 Å². The van der Waals surface area contributed by atoms with E-state index in [4.69, 9.17) is 28.6 Å². The van der Waals surface area contributed by atoms with Gasteiger partial charge in [0.15, 0.2) is 11.4 Å². The minimum Gasteiger partial charge on any atom is -0.472 e. The Kier molecular flexibility index (Phi) is 5.23. The number of hydrogen-bond donors (Lipinski definition) is 0. The summed E-state index contributed by atoms with van der Waals surface area (Å²) in [5.74, 6) is 0.846. The van der Waals surface area contributed by atoms with Crippen LogP contribution in [-0.2, 0) is 14.2 Å². The molecular weight excluding hydrogens is 424 g/mol. The number of aromatic nitrogens is 3. The molecule has 0 aliphatic carbocycles. The van der Waals surface area contributed by atoms with Gasteiger partial charge in [0.05, 0.1) is 32.1 Å². The van der Waals surface area contributed by atoms with Gasteiger partial charge in [0.2, 0.25) is 11.9 Å². The highest BCUT2D eigenvalue weighted by atomic mass is 16.5. The summed E-state index contributed by atoms with van der Waals surface area (Å²) in [4.78, 5) is 20.4. The largest absolute Gasteiger partial charge is 0.472 e. The summed E-state index contributed by atoms with van der Waals surface area (Å²) < 4.78 is 23.2. The lowest BCUT2D eigenvalue weighted by Gasteiger charge is -2.32. The maximum absolute atomic E-state index is 6.16. The molecule has 172 valence electrons. The van der Waals surface area contributed by atoms with Gasteiger partial charge in [0.25, 0.3) is 6.01 Å². The third-order valence-electron chi connectivity index (χ3n) is 6.09. The molecule has 0 spiro atoms. The highest BCUT2D eigenvalue weighted by Crippen LogP contribution is 2.40. The van der Waals surface area contributed by atoms with Crippen molar-refractivity contribution >= 4 is 28.8 Å². The van der Waals surface area contributed by atoms with Crippen LogP contribution < -0.4 is 14.7 Å². The van der Waals surface area contributed by atoms with Gasteiger partial charge in [-0.1, -0.05) is 0 Å². The number of hydrogen-bond acceptors (Lipinski definition) is 10. The van der Waals surface area contributed by atoms with Crippen molar-refractivity contribution in [2.24, 2.45) is 0 Å². The lowest BCUT2D eigenvalue weighted by Crippen LogP contribution is -2.38. The molecule has 33 heavy (non-hydrogen) atoms. The van der Waals surface area contributed by atoms with Crippen LogP contribution in [0.4, 0.5) is 17.5 Å². The fourth-order valence-electron chi connectivity index (χ4n) is 4.41. The van der Waals surface area contributed by atoms with Crippen molar-refractivity contribution in [1.82, 2.24) is 15.0 Å². The number of fused-ring (bicyclic) bond motifs is 1. The van der Waals surface area contributed by atoms with Crippen LogP contribution in [-0.4, -0.2) is 67.6 Å². The Bertz CT molecular complexity index is 1170. The number of aryl methyl sites for hydroxylation is 1. The third kappa shape index (κ3) is 3.85. The molecule has 0 bridgehead atoms. The molecule has 10 nitrogen and oxygen atoms in total. The molecule has 3 aliphatic rings. The number of morpholine rings is 2. The first-order valence-corrected chi connectivity index (χ1v) is 11.3. The van der Waals surface area contributed by atoms with Crippen LogP contribution in [0.15, 0.2) is 41.3 Å². The van der Waals surface area contributed by atoms with Gasteiger partial charge in [-0.15, -0.1) is 0 Å². The van der Waals surface area contributed by atoms with Crippen molar-refractivity contribution in [2.45, 2.75) is 13.2 Å². The minimum absolute atomic E-state index is 0.313. The Morgan fingerprint density at radius 1 is 0.939 bits per heavy atom. The van der Waals surface area contributed by atoms with Gasteiger partial charge in [-0.2, -0.15) is 4.98 Å². The Hall–Kier alpha value is -3.37. The summed E-state index contributed by atoms with van der Waals surface area (Å²) in [6.07, 6.45) is 5.15. The number of oxazole rings is 1. The summed E-state index contributed by atoms with van der Waals surface area (Å²) in [5, 5.41) is 0. The lowest BCUT2D eigenvalue weighted by atomic mass is 10.2. The number of ether oxygens (including phenoxy) is 3. The van der Waals surface area contributed by atoms with Crippen LogP contribution in [0, 0.1) is 6.92 Å². The fourth-order valence-corrected chi connectivity index (χ4v) is 4.41. The SMILES string of the molecule is Cc1cc(C2OC=CN2c2cc3oc(N4CCOCC4)nc3nc2N2CCOCC2)ccn1. The number of anilines is 3. The molecule has 3 aromatic heterocycles. The topological polar surface area (TPSA) is 89.2 Å². The summed E-state index contributed by atoms with van der Waals surface area (Å²) >= 11 is 0. The highest BCUT2D eigenvalue weighted by Gasteiger charge is 2.31. The van der Waals surface area contributed by atoms with E-state index in [1.165, 1.54) is 0 Å². The van der Waals surface area contributed by atoms with Crippen LogP contribution in [0.1, 0.15) is 17.5 Å². The summed E-state index contributed by atoms with van der Waals surface area (Å²) in [7, 11) is 0. The maximum atomic E-state index is 6.16. The van der Waals surface area contributed by atoms with E-state index in [1.807, 2.05) is 31.3 Å². The van der Waals surface area contributed by atoms with Crippen molar-refractivity contribution in [2.75, 3.05) is 67.3 Å². The van der Waals surface area contributed by atoms with E-state index in [0.717, 1.165) is 48.9 Å². The molecular formula is C23H26N6O4. The summed E-state index contributed by atoms with van der Waals surface area (Å²) in [5.41, 5.74) is 4.11. The zero-order valence-corrected chi connectivity index (χ0v) is 18.5. The highest BCUT2D eigenvalue weighted by molar-refractivity contribution is 5.83. The maximum Gasteiger partial charge on any atom is 0.300 e. The van der Waals surface area contributed by atoms with Crippen LogP contribution in [0.2, 0.25) is 0 Å². The zero-order chi connectivity index (χ0) is 22.2. The van der Waals surface area contributed by atoms with E-state index in [1.54, 1.807) is 12.5 Å². The molecule has 0 N–H and O–H groups in total. The molecule has 3 aromatic rings. The van der Waals surface area contributed by atoms with Gasteiger partial charge in [0, 0.05) is 55.9 Å². The molecule has 6 heterocycles. The third-order valence-corrected chi connectivity index (χ3v) is 6.09. The average Bonchev–Trinajstić information content (AvgIpc) is 3.51. The van der Waals surface area contributed by atoms with Crippen molar-refractivity contribution in [3.05, 3.63) is 48.1 Å². The normalized spacial score (nSPS) is 21.1. The van der Waals surface area contributed by atoms with Crippen molar-refractivity contribution in [1.29, 1.82) is 0 Å². The first-order valence-electron chi connectivity index (χ1n) is 11.3. The van der Waals surface area contributed by atoms with Gasteiger partial charge in [-0.3, -0.25) is 4.98 Å².